The van der Waals surface area contributed by atoms with Crippen LogP contribution >= 0.6 is 15.9 Å². The first-order chi connectivity index (χ1) is 8.04. The Morgan fingerprint density at radius 2 is 1.94 bits per heavy atom. The maximum absolute atomic E-state index is 14.7. The summed E-state index contributed by atoms with van der Waals surface area (Å²) in [6.07, 6.45) is 0.809. The topological polar surface area (TPSA) is 12.0 Å². The molecule has 1 aliphatic rings. The molecule has 0 radical (unpaired) electrons. The highest BCUT2D eigenvalue weighted by Gasteiger charge is 2.38. The van der Waals surface area contributed by atoms with Crippen LogP contribution in [-0.4, -0.2) is 13.1 Å². The van der Waals surface area contributed by atoms with E-state index >= 15 is 0 Å². The highest BCUT2D eigenvalue weighted by molar-refractivity contribution is 9.10. The number of hydrogen-bond donors (Lipinski definition) is 1. The van der Waals surface area contributed by atoms with E-state index in [0.29, 0.717) is 19.5 Å². The summed E-state index contributed by atoms with van der Waals surface area (Å²) < 4.78 is 42.4. The minimum absolute atomic E-state index is 0.0945. The van der Waals surface area contributed by atoms with Gasteiger partial charge in [-0.15, -0.1) is 0 Å². The SMILES string of the molecule is Fc1ccc(Br)c(F)c1C1(F)CCCNCC1. The molecule has 1 saturated heterocycles. The maximum Gasteiger partial charge on any atom is 0.146 e. The fourth-order valence-electron chi connectivity index (χ4n) is 2.22. The zero-order chi connectivity index (χ0) is 12.5. The molecule has 1 aromatic carbocycles. The smallest absolute Gasteiger partial charge is 0.146 e. The first kappa shape index (κ1) is 12.9. The molecule has 1 N–H and O–H groups in total. The van der Waals surface area contributed by atoms with E-state index in [1.54, 1.807) is 0 Å². The molecule has 0 bridgehead atoms. The minimum Gasteiger partial charge on any atom is -0.317 e. The van der Waals surface area contributed by atoms with Gasteiger partial charge in [-0.3, -0.25) is 0 Å². The van der Waals surface area contributed by atoms with Gasteiger partial charge in [0.15, 0.2) is 0 Å². The van der Waals surface area contributed by atoms with Crippen molar-refractivity contribution >= 4 is 15.9 Å². The molecule has 1 atom stereocenters. The normalized spacial score (nSPS) is 25.6. The van der Waals surface area contributed by atoms with Gasteiger partial charge in [-0.2, -0.15) is 0 Å². The summed E-state index contributed by atoms with van der Waals surface area (Å²) in [7, 11) is 0. The lowest BCUT2D eigenvalue weighted by atomic mass is 9.88. The van der Waals surface area contributed by atoms with Gasteiger partial charge in [-0.1, -0.05) is 0 Å². The van der Waals surface area contributed by atoms with Gasteiger partial charge >= 0.3 is 0 Å². The summed E-state index contributed by atoms with van der Waals surface area (Å²) in [6.45, 7) is 1.12. The number of nitrogens with one attached hydrogen (secondary N) is 1. The van der Waals surface area contributed by atoms with Gasteiger partial charge in [-0.05, 0) is 60.4 Å². The van der Waals surface area contributed by atoms with Gasteiger partial charge in [0.25, 0.3) is 0 Å². The monoisotopic (exact) mass is 307 g/mol. The fourth-order valence-corrected chi connectivity index (χ4v) is 2.55. The van der Waals surface area contributed by atoms with Crippen molar-refractivity contribution < 1.29 is 13.2 Å². The lowest BCUT2D eigenvalue weighted by molar-refractivity contribution is 0.133. The van der Waals surface area contributed by atoms with E-state index in [1.165, 1.54) is 6.07 Å². The molecule has 5 heteroatoms. The van der Waals surface area contributed by atoms with Crippen LogP contribution in [0.5, 0.6) is 0 Å². The van der Waals surface area contributed by atoms with E-state index in [2.05, 4.69) is 21.2 Å². The lowest BCUT2D eigenvalue weighted by Crippen LogP contribution is -2.25. The van der Waals surface area contributed by atoms with Crippen molar-refractivity contribution in [3.05, 3.63) is 33.8 Å². The second-order valence-electron chi connectivity index (χ2n) is 4.29. The average molecular weight is 308 g/mol. The van der Waals surface area contributed by atoms with Gasteiger partial charge in [0.2, 0.25) is 0 Å². The Bertz CT molecular complexity index is 414. The molecular weight excluding hydrogens is 295 g/mol. The lowest BCUT2D eigenvalue weighted by Gasteiger charge is -2.25. The summed E-state index contributed by atoms with van der Waals surface area (Å²) >= 11 is 2.97. The highest BCUT2D eigenvalue weighted by Crippen LogP contribution is 2.40. The second kappa shape index (κ2) is 4.98. The molecule has 17 heavy (non-hydrogen) atoms. The van der Waals surface area contributed by atoms with Crippen molar-refractivity contribution in [1.29, 1.82) is 0 Å². The van der Waals surface area contributed by atoms with Crippen LogP contribution in [0.15, 0.2) is 16.6 Å². The Labute approximate surface area is 107 Å². The van der Waals surface area contributed by atoms with Crippen LogP contribution < -0.4 is 5.32 Å². The number of halogens is 4. The molecule has 1 heterocycles. The highest BCUT2D eigenvalue weighted by atomic mass is 79.9. The molecule has 0 amide bonds. The molecule has 0 aromatic heterocycles. The Balaban J connectivity index is 2.47. The van der Waals surface area contributed by atoms with E-state index in [9.17, 15) is 13.2 Å². The Morgan fingerprint density at radius 1 is 1.18 bits per heavy atom. The zero-order valence-corrected chi connectivity index (χ0v) is 10.8. The quantitative estimate of drug-likeness (QED) is 0.781. The number of rotatable bonds is 1. The molecule has 0 spiro atoms. The van der Waals surface area contributed by atoms with E-state index < -0.39 is 22.9 Å². The molecule has 1 unspecified atom stereocenters. The number of hydrogen-bond acceptors (Lipinski definition) is 1. The summed E-state index contributed by atoms with van der Waals surface area (Å²) in [5.74, 6) is -1.63. The number of alkyl halides is 1. The number of benzene rings is 1. The molecule has 1 fully saturated rings. The van der Waals surface area contributed by atoms with Gasteiger partial charge in [0.05, 0.1) is 10.0 Å². The largest absolute Gasteiger partial charge is 0.317 e. The van der Waals surface area contributed by atoms with E-state index in [1.807, 2.05) is 0 Å². The van der Waals surface area contributed by atoms with E-state index in [-0.39, 0.29) is 17.3 Å². The molecule has 94 valence electrons. The van der Waals surface area contributed by atoms with Crippen LogP contribution in [0.3, 0.4) is 0 Å². The predicted octanol–water partition coefficient (Wildman–Crippen LogP) is 3.67. The molecular formula is C12H13BrF3N. The Morgan fingerprint density at radius 3 is 2.71 bits per heavy atom. The first-order valence-electron chi connectivity index (χ1n) is 5.58. The van der Waals surface area contributed by atoms with Crippen molar-refractivity contribution in [3.63, 3.8) is 0 Å². The van der Waals surface area contributed by atoms with Crippen LogP contribution in [0.4, 0.5) is 13.2 Å². The molecule has 0 aliphatic carbocycles. The standard InChI is InChI=1S/C12H13BrF3N/c13-8-2-3-9(14)10(11(8)15)12(16)4-1-6-17-7-5-12/h2-3,17H,1,4-7H2. The zero-order valence-electron chi connectivity index (χ0n) is 9.20. The molecule has 1 nitrogen and oxygen atoms in total. The minimum atomic E-state index is -1.92. The summed E-state index contributed by atoms with van der Waals surface area (Å²) in [4.78, 5) is 0. The van der Waals surface area contributed by atoms with Gasteiger partial charge < -0.3 is 5.32 Å². The summed E-state index contributed by atoms with van der Waals surface area (Å²) in [5, 5.41) is 3.03. The second-order valence-corrected chi connectivity index (χ2v) is 5.14. The van der Waals surface area contributed by atoms with Crippen molar-refractivity contribution in [2.75, 3.05) is 13.1 Å². The molecule has 1 aliphatic heterocycles. The maximum atomic E-state index is 14.7. The third-order valence-corrected chi connectivity index (χ3v) is 3.73. The molecule has 0 saturated carbocycles. The fraction of sp³-hybridized carbons (Fsp3) is 0.500. The van der Waals surface area contributed by atoms with Crippen LogP contribution in [0.2, 0.25) is 0 Å². The predicted molar refractivity (Wildman–Crippen MR) is 63.6 cm³/mol. The third kappa shape index (κ3) is 2.50. The summed E-state index contributed by atoms with van der Waals surface area (Å²) in [5.41, 5.74) is -2.35. The van der Waals surface area contributed by atoms with Crippen molar-refractivity contribution in [2.45, 2.75) is 24.9 Å². The molecule has 1 aromatic rings. The van der Waals surface area contributed by atoms with Crippen molar-refractivity contribution in [2.24, 2.45) is 0 Å². The van der Waals surface area contributed by atoms with E-state index in [0.717, 1.165) is 6.07 Å². The first-order valence-corrected chi connectivity index (χ1v) is 6.37. The van der Waals surface area contributed by atoms with Gasteiger partial charge in [0, 0.05) is 0 Å². The Kier molecular flexibility index (Phi) is 3.78. The van der Waals surface area contributed by atoms with Crippen LogP contribution in [-0.2, 0) is 5.67 Å². The molecule has 2 rings (SSSR count). The van der Waals surface area contributed by atoms with E-state index in [4.69, 9.17) is 0 Å². The van der Waals surface area contributed by atoms with Crippen LogP contribution in [0.1, 0.15) is 24.8 Å². The summed E-state index contributed by atoms with van der Waals surface area (Å²) in [6, 6.07) is 2.36. The Hall–Kier alpha value is -0.550. The van der Waals surface area contributed by atoms with Crippen LogP contribution in [0, 0.1) is 11.6 Å². The van der Waals surface area contributed by atoms with Crippen LogP contribution in [0.25, 0.3) is 0 Å². The van der Waals surface area contributed by atoms with Crippen molar-refractivity contribution in [3.8, 4) is 0 Å². The third-order valence-electron chi connectivity index (χ3n) is 3.12. The average Bonchev–Trinajstić information content (AvgIpc) is 2.50. The van der Waals surface area contributed by atoms with Gasteiger partial charge in [0.1, 0.15) is 17.3 Å². The van der Waals surface area contributed by atoms with Gasteiger partial charge in [-0.25, -0.2) is 13.2 Å². The van der Waals surface area contributed by atoms with Crippen molar-refractivity contribution in [1.82, 2.24) is 5.32 Å².